The molecule has 0 aliphatic rings. The molecule has 2 aromatic rings. The second-order valence-corrected chi connectivity index (χ2v) is 4.03. The molecule has 6 nitrogen and oxygen atoms in total. The van der Waals surface area contributed by atoms with Gasteiger partial charge in [0.05, 0.1) is 5.69 Å². The molecule has 0 saturated heterocycles. The number of phenols is 3. The standard InChI is InChI=1S/C12H15N3O3/c1-15-5-4-9(14-15)7-13-6-8-2-3-10(16)12(18)11(8)17/h2-5,13,16-18H,6-7H2,1H3. The van der Waals surface area contributed by atoms with Crippen LogP contribution in [0.15, 0.2) is 24.4 Å². The van der Waals surface area contributed by atoms with Gasteiger partial charge in [-0.3, -0.25) is 4.68 Å². The molecule has 4 N–H and O–H groups in total. The van der Waals surface area contributed by atoms with E-state index in [-0.39, 0.29) is 11.5 Å². The minimum absolute atomic E-state index is 0.302. The van der Waals surface area contributed by atoms with E-state index < -0.39 is 5.75 Å². The number of phenolic OH excluding ortho intramolecular Hbond substituents is 3. The van der Waals surface area contributed by atoms with E-state index in [1.807, 2.05) is 19.3 Å². The molecule has 18 heavy (non-hydrogen) atoms. The monoisotopic (exact) mass is 249 g/mol. The van der Waals surface area contributed by atoms with Crippen molar-refractivity contribution in [2.24, 2.45) is 7.05 Å². The molecule has 6 heteroatoms. The summed E-state index contributed by atoms with van der Waals surface area (Å²) in [5.41, 5.74) is 1.40. The van der Waals surface area contributed by atoms with Crippen molar-refractivity contribution in [2.45, 2.75) is 13.1 Å². The maximum absolute atomic E-state index is 9.61. The van der Waals surface area contributed by atoms with Crippen LogP contribution in [0, 0.1) is 0 Å². The second kappa shape index (κ2) is 4.97. The lowest BCUT2D eigenvalue weighted by molar-refractivity contribution is 0.364. The molecule has 1 aromatic carbocycles. The van der Waals surface area contributed by atoms with E-state index in [4.69, 9.17) is 0 Å². The van der Waals surface area contributed by atoms with Gasteiger partial charge >= 0.3 is 0 Å². The van der Waals surface area contributed by atoms with E-state index in [1.165, 1.54) is 6.07 Å². The van der Waals surface area contributed by atoms with Crippen LogP contribution in [-0.2, 0) is 20.1 Å². The summed E-state index contributed by atoms with van der Waals surface area (Å²) in [7, 11) is 1.84. The summed E-state index contributed by atoms with van der Waals surface area (Å²) in [6.45, 7) is 0.929. The van der Waals surface area contributed by atoms with Crippen molar-refractivity contribution in [3.63, 3.8) is 0 Å². The number of nitrogens with one attached hydrogen (secondary N) is 1. The van der Waals surface area contributed by atoms with Gasteiger partial charge in [0.2, 0.25) is 5.75 Å². The SMILES string of the molecule is Cn1ccc(CNCc2ccc(O)c(O)c2O)n1. The minimum Gasteiger partial charge on any atom is -0.504 e. The fourth-order valence-corrected chi connectivity index (χ4v) is 1.64. The Kier molecular flexibility index (Phi) is 3.38. The Morgan fingerprint density at radius 3 is 2.56 bits per heavy atom. The quantitative estimate of drug-likeness (QED) is 0.602. The predicted octanol–water partition coefficient (Wildman–Crippen LogP) is 0.827. The predicted molar refractivity (Wildman–Crippen MR) is 65.2 cm³/mol. The van der Waals surface area contributed by atoms with Gasteiger partial charge in [-0.1, -0.05) is 6.07 Å². The van der Waals surface area contributed by atoms with Crippen LogP contribution < -0.4 is 5.32 Å². The third kappa shape index (κ3) is 2.54. The molecule has 0 aliphatic carbocycles. The smallest absolute Gasteiger partial charge is 0.200 e. The lowest BCUT2D eigenvalue weighted by Gasteiger charge is -2.08. The molecule has 0 bridgehead atoms. The zero-order valence-electron chi connectivity index (χ0n) is 9.96. The summed E-state index contributed by atoms with van der Waals surface area (Å²) < 4.78 is 1.71. The molecule has 0 atom stereocenters. The summed E-state index contributed by atoms with van der Waals surface area (Å²) >= 11 is 0. The maximum Gasteiger partial charge on any atom is 0.200 e. The van der Waals surface area contributed by atoms with Gasteiger partial charge in [0.15, 0.2) is 11.5 Å². The van der Waals surface area contributed by atoms with Crippen molar-refractivity contribution in [3.05, 3.63) is 35.7 Å². The maximum atomic E-state index is 9.61. The van der Waals surface area contributed by atoms with Gasteiger partial charge in [-0.25, -0.2) is 0 Å². The molecule has 0 amide bonds. The summed E-state index contributed by atoms with van der Waals surface area (Å²) in [5.74, 6) is -1.13. The highest BCUT2D eigenvalue weighted by molar-refractivity contribution is 5.52. The Morgan fingerprint density at radius 2 is 1.89 bits per heavy atom. The third-order valence-corrected chi connectivity index (χ3v) is 2.60. The number of aromatic nitrogens is 2. The number of aromatic hydroxyl groups is 3. The summed E-state index contributed by atoms with van der Waals surface area (Å²) in [5, 5.41) is 35.4. The third-order valence-electron chi connectivity index (χ3n) is 2.60. The topological polar surface area (TPSA) is 90.5 Å². The lowest BCUT2D eigenvalue weighted by atomic mass is 10.1. The Balaban J connectivity index is 1.96. The van der Waals surface area contributed by atoms with E-state index >= 15 is 0 Å². The molecule has 1 heterocycles. The Hall–Kier alpha value is -2.21. The molecule has 1 aromatic heterocycles. The van der Waals surface area contributed by atoms with Gasteiger partial charge in [-0.2, -0.15) is 5.10 Å². The van der Waals surface area contributed by atoms with Crippen LogP contribution in [0.2, 0.25) is 0 Å². The number of nitrogens with zero attached hydrogens (tertiary/aromatic N) is 2. The van der Waals surface area contributed by atoms with Crippen LogP contribution in [0.5, 0.6) is 17.2 Å². The fourth-order valence-electron chi connectivity index (χ4n) is 1.64. The zero-order chi connectivity index (χ0) is 13.1. The van der Waals surface area contributed by atoms with Crippen molar-refractivity contribution in [2.75, 3.05) is 0 Å². The van der Waals surface area contributed by atoms with E-state index in [2.05, 4.69) is 10.4 Å². The van der Waals surface area contributed by atoms with Crippen molar-refractivity contribution in [1.29, 1.82) is 0 Å². The highest BCUT2D eigenvalue weighted by atomic mass is 16.3. The number of aryl methyl sites for hydroxylation is 1. The van der Waals surface area contributed by atoms with E-state index in [1.54, 1.807) is 10.7 Å². The summed E-state index contributed by atoms with van der Waals surface area (Å²) in [6, 6.07) is 4.78. The Morgan fingerprint density at radius 1 is 1.11 bits per heavy atom. The molecule has 2 rings (SSSR count). The molecule has 96 valence electrons. The van der Waals surface area contributed by atoms with Crippen molar-refractivity contribution >= 4 is 0 Å². The normalized spacial score (nSPS) is 10.7. The van der Waals surface area contributed by atoms with Crippen LogP contribution in [0.1, 0.15) is 11.3 Å². The highest BCUT2D eigenvalue weighted by Gasteiger charge is 2.10. The molecule has 0 saturated carbocycles. The van der Waals surface area contributed by atoms with Gasteiger partial charge in [0, 0.05) is 31.9 Å². The van der Waals surface area contributed by atoms with Crippen molar-refractivity contribution in [3.8, 4) is 17.2 Å². The zero-order valence-corrected chi connectivity index (χ0v) is 9.96. The molecule has 0 fully saturated rings. The van der Waals surface area contributed by atoms with Crippen LogP contribution in [0.25, 0.3) is 0 Å². The Bertz CT molecular complexity index is 551. The van der Waals surface area contributed by atoms with Gasteiger partial charge in [0.25, 0.3) is 0 Å². The van der Waals surface area contributed by atoms with E-state index in [0.29, 0.717) is 18.7 Å². The van der Waals surface area contributed by atoms with Crippen LogP contribution in [-0.4, -0.2) is 25.1 Å². The minimum atomic E-state index is -0.493. The first-order valence-electron chi connectivity index (χ1n) is 5.50. The molecule has 0 spiro atoms. The molecule has 0 radical (unpaired) electrons. The van der Waals surface area contributed by atoms with Crippen LogP contribution in [0.4, 0.5) is 0 Å². The first-order chi connectivity index (χ1) is 8.58. The second-order valence-electron chi connectivity index (χ2n) is 4.03. The number of rotatable bonds is 4. The lowest BCUT2D eigenvalue weighted by Crippen LogP contribution is -2.13. The van der Waals surface area contributed by atoms with Crippen LogP contribution >= 0.6 is 0 Å². The number of hydrogen-bond donors (Lipinski definition) is 4. The van der Waals surface area contributed by atoms with Crippen LogP contribution in [0.3, 0.4) is 0 Å². The number of benzene rings is 1. The summed E-state index contributed by atoms with van der Waals surface area (Å²) in [4.78, 5) is 0. The first kappa shape index (κ1) is 12.3. The van der Waals surface area contributed by atoms with Gasteiger partial charge < -0.3 is 20.6 Å². The largest absolute Gasteiger partial charge is 0.504 e. The highest BCUT2D eigenvalue weighted by Crippen LogP contribution is 2.36. The van der Waals surface area contributed by atoms with Crippen molar-refractivity contribution < 1.29 is 15.3 Å². The number of hydrogen-bond acceptors (Lipinski definition) is 5. The fraction of sp³-hybridized carbons (Fsp3) is 0.250. The van der Waals surface area contributed by atoms with Gasteiger partial charge in [-0.15, -0.1) is 0 Å². The molecule has 0 aliphatic heterocycles. The van der Waals surface area contributed by atoms with Gasteiger partial charge in [0.1, 0.15) is 0 Å². The first-order valence-corrected chi connectivity index (χ1v) is 5.50. The average Bonchev–Trinajstić information content (AvgIpc) is 2.75. The molecular formula is C12H15N3O3. The molecular weight excluding hydrogens is 234 g/mol. The Labute approximate surface area is 104 Å². The molecule has 0 unspecified atom stereocenters. The summed E-state index contributed by atoms with van der Waals surface area (Å²) in [6.07, 6.45) is 1.85. The van der Waals surface area contributed by atoms with E-state index in [0.717, 1.165) is 5.69 Å². The average molecular weight is 249 g/mol. The van der Waals surface area contributed by atoms with Crippen molar-refractivity contribution in [1.82, 2.24) is 15.1 Å². The van der Waals surface area contributed by atoms with E-state index in [9.17, 15) is 15.3 Å². The van der Waals surface area contributed by atoms with Gasteiger partial charge in [-0.05, 0) is 12.1 Å².